The summed E-state index contributed by atoms with van der Waals surface area (Å²) in [6.07, 6.45) is 8.66. The third-order valence-corrected chi connectivity index (χ3v) is 6.32. The zero-order valence-corrected chi connectivity index (χ0v) is 19.2. The molecule has 1 aromatic rings. The summed E-state index contributed by atoms with van der Waals surface area (Å²) in [7, 11) is 0. The van der Waals surface area contributed by atoms with Crippen molar-refractivity contribution < 1.29 is 24.9 Å². The van der Waals surface area contributed by atoms with Crippen molar-refractivity contribution in [1.82, 2.24) is 0 Å². The number of ether oxygens (including phenoxy) is 1. The zero-order valence-electron chi connectivity index (χ0n) is 19.2. The lowest BCUT2D eigenvalue weighted by Gasteiger charge is -2.36. The van der Waals surface area contributed by atoms with Crippen LogP contribution in [0.2, 0.25) is 0 Å². The second kappa shape index (κ2) is 10.7. The van der Waals surface area contributed by atoms with E-state index in [1.54, 1.807) is 12.1 Å². The van der Waals surface area contributed by atoms with Crippen LogP contribution in [0.5, 0.6) is 11.5 Å². The Morgan fingerprint density at radius 1 is 1.10 bits per heavy atom. The van der Waals surface area contributed by atoms with E-state index in [9.17, 15) is 20.3 Å². The van der Waals surface area contributed by atoms with Crippen molar-refractivity contribution in [2.75, 3.05) is 6.61 Å². The molecule has 174 valence electrons. The van der Waals surface area contributed by atoms with E-state index in [4.69, 9.17) is 4.74 Å². The molecule has 0 radical (unpaired) electrons. The van der Waals surface area contributed by atoms with Crippen LogP contribution in [0, 0.1) is 16.0 Å². The first-order chi connectivity index (χ1) is 14.5. The van der Waals surface area contributed by atoms with Gasteiger partial charge in [0.25, 0.3) is 5.09 Å². The van der Waals surface area contributed by atoms with Gasteiger partial charge in [-0.1, -0.05) is 33.1 Å². The summed E-state index contributed by atoms with van der Waals surface area (Å²) in [6, 6.07) is 5.47. The number of aromatic hydroxyl groups is 1. The number of hydrogen-bond acceptors (Lipinski definition) is 6. The van der Waals surface area contributed by atoms with E-state index < -0.39 is 10.7 Å². The van der Waals surface area contributed by atoms with Crippen LogP contribution in [0.4, 0.5) is 0 Å². The molecular weight excluding hydrogens is 398 g/mol. The fourth-order valence-electron chi connectivity index (χ4n) is 4.18. The summed E-state index contributed by atoms with van der Waals surface area (Å²) in [4.78, 5) is 14.5. The number of aliphatic hydroxyl groups excluding tert-OH is 1. The highest BCUT2D eigenvalue weighted by molar-refractivity contribution is 5.41. The van der Waals surface area contributed by atoms with Gasteiger partial charge in [0, 0.05) is 18.4 Å². The molecule has 7 heteroatoms. The standard InChI is InChI=1S/C24H37NO6/c1-23(2,13-7-5-6-8-14-30-25(28)29)19-15-21(27)17-22(16-19)31-24(3,4)18-9-11-20(26)12-10-18/h11,15-18,26-27H,5-10,12-14H2,1-4H3. The SMILES string of the molecule is CC(C)(CCCCCCO[N+](=O)[O-])c1cc(O)cc(OC(C)(C)C2CC=C(O)CC2)c1. The van der Waals surface area contributed by atoms with E-state index >= 15 is 0 Å². The molecule has 31 heavy (non-hydrogen) atoms. The Balaban J connectivity index is 1.95. The predicted octanol–water partition coefficient (Wildman–Crippen LogP) is 6.23. The first-order valence-corrected chi connectivity index (χ1v) is 11.2. The number of unbranched alkanes of at least 4 members (excludes halogenated alkanes) is 3. The number of phenols is 1. The number of hydrogen-bond donors (Lipinski definition) is 2. The third kappa shape index (κ3) is 7.96. The van der Waals surface area contributed by atoms with Gasteiger partial charge in [-0.15, -0.1) is 10.1 Å². The Hall–Kier alpha value is -2.44. The van der Waals surface area contributed by atoms with Gasteiger partial charge in [0.2, 0.25) is 0 Å². The highest BCUT2D eigenvalue weighted by Crippen LogP contribution is 2.38. The maximum atomic E-state index is 10.3. The fourth-order valence-corrected chi connectivity index (χ4v) is 4.18. The second-order valence-electron chi connectivity index (χ2n) is 9.69. The van der Waals surface area contributed by atoms with Gasteiger partial charge in [-0.2, -0.15) is 0 Å². The molecule has 0 spiro atoms. The quantitative estimate of drug-likeness (QED) is 0.229. The van der Waals surface area contributed by atoms with E-state index in [0.717, 1.165) is 44.1 Å². The molecule has 0 saturated heterocycles. The summed E-state index contributed by atoms with van der Waals surface area (Å²) >= 11 is 0. The first-order valence-electron chi connectivity index (χ1n) is 11.2. The van der Waals surface area contributed by atoms with Gasteiger partial charge in [0.15, 0.2) is 0 Å². The summed E-state index contributed by atoms with van der Waals surface area (Å²) in [6.45, 7) is 8.58. The highest BCUT2D eigenvalue weighted by atomic mass is 16.9. The second-order valence-corrected chi connectivity index (χ2v) is 9.69. The van der Waals surface area contributed by atoms with Crippen LogP contribution < -0.4 is 4.74 Å². The van der Waals surface area contributed by atoms with Gasteiger partial charge in [-0.05, 0) is 68.7 Å². The molecule has 1 aliphatic carbocycles. The lowest BCUT2D eigenvalue weighted by Crippen LogP contribution is -2.38. The number of aliphatic hydroxyl groups is 1. The van der Waals surface area contributed by atoms with Crippen molar-refractivity contribution in [3.05, 3.63) is 45.7 Å². The van der Waals surface area contributed by atoms with Crippen molar-refractivity contribution in [3.8, 4) is 11.5 Å². The molecule has 1 unspecified atom stereocenters. The Kier molecular flexibility index (Phi) is 8.60. The van der Waals surface area contributed by atoms with Gasteiger partial charge in [-0.3, -0.25) is 0 Å². The maximum Gasteiger partial charge on any atom is 0.294 e. The third-order valence-electron chi connectivity index (χ3n) is 6.32. The number of phenolic OH excluding ortho intramolecular Hbond substituents is 1. The fraction of sp³-hybridized carbons (Fsp3) is 0.667. The molecule has 0 fully saturated rings. The van der Waals surface area contributed by atoms with Gasteiger partial charge in [0.1, 0.15) is 17.1 Å². The van der Waals surface area contributed by atoms with E-state index in [1.165, 1.54) is 0 Å². The van der Waals surface area contributed by atoms with E-state index in [1.807, 2.05) is 12.1 Å². The lowest BCUT2D eigenvalue weighted by molar-refractivity contribution is -0.757. The van der Waals surface area contributed by atoms with E-state index in [0.29, 0.717) is 30.3 Å². The Bertz CT molecular complexity index is 771. The molecule has 0 aliphatic heterocycles. The molecule has 0 bridgehead atoms. The largest absolute Gasteiger partial charge is 0.513 e. The molecule has 0 amide bonds. The summed E-state index contributed by atoms with van der Waals surface area (Å²) in [5.41, 5.74) is 0.465. The Labute approximate surface area is 185 Å². The van der Waals surface area contributed by atoms with Crippen LogP contribution in [0.25, 0.3) is 0 Å². The van der Waals surface area contributed by atoms with Gasteiger partial charge >= 0.3 is 0 Å². The minimum Gasteiger partial charge on any atom is -0.513 e. The molecule has 1 aromatic carbocycles. The number of benzene rings is 1. The molecule has 2 rings (SSSR count). The minimum absolute atomic E-state index is 0.141. The van der Waals surface area contributed by atoms with Gasteiger partial charge in [-0.25, -0.2) is 0 Å². The zero-order chi connectivity index (χ0) is 23.1. The Morgan fingerprint density at radius 2 is 1.81 bits per heavy atom. The van der Waals surface area contributed by atoms with Gasteiger partial charge in [0.05, 0.1) is 12.4 Å². The summed E-state index contributed by atoms with van der Waals surface area (Å²) < 4.78 is 6.34. The lowest BCUT2D eigenvalue weighted by atomic mass is 9.79. The average molecular weight is 436 g/mol. The average Bonchev–Trinajstić information content (AvgIpc) is 2.66. The molecule has 1 aliphatic rings. The normalized spacial score (nSPS) is 17.2. The molecule has 7 nitrogen and oxygen atoms in total. The summed E-state index contributed by atoms with van der Waals surface area (Å²) in [5, 5.41) is 29.4. The highest BCUT2D eigenvalue weighted by Gasteiger charge is 2.33. The van der Waals surface area contributed by atoms with Crippen molar-refractivity contribution in [1.29, 1.82) is 0 Å². The molecule has 2 N–H and O–H groups in total. The molecule has 0 saturated carbocycles. The van der Waals surface area contributed by atoms with E-state index in [2.05, 4.69) is 32.5 Å². The number of allylic oxidation sites excluding steroid dienone is 2. The molecule has 0 aromatic heterocycles. The smallest absolute Gasteiger partial charge is 0.294 e. The van der Waals surface area contributed by atoms with Gasteiger partial charge < -0.3 is 19.8 Å². The van der Waals surface area contributed by atoms with E-state index in [-0.39, 0.29) is 17.8 Å². The van der Waals surface area contributed by atoms with Crippen LogP contribution in [0.3, 0.4) is 0 Å². The maximum absolute atomic E-state index is 10.3. The number of rotatable bonds is 12. The molecule has 0 heterocycles. The van der Waals surface area contributed by atoms with Crippen molar-refractivity contribution in [2.24, 2.45) is 5.92 Å². The monoisotopic (exact) mass is 435 g/mol. The van der Waals surface area contributed by atoms with Crippen molar-refractivity contribution in [3.63, 3.8) is 0 Å². The van der Waals surface area contributed by atoms with Crippen molar-refractivity contribution >= 4 is 0 Å². The van der Waals surface area contributed by atoms with Crippen LogP contribution in [0.1, 0.15) is 84.6 Å². The number of nitrogens with zero attached hydrogens (tertiary/aromatic N) is 1. The first kappa shape index (κ1) is 24.8. The van der Waals surface area contributed by atoms with Crippen LogP contribution in [-0.4, -0.2) is 27.5 Å². The predicted molar refractivity (Wildman–Crippen MR) is 120 cm³/mol. The molecule has 1 atom stereocenters. The van der Waals surface area contributed by atoms with Crippen LogP contribution in [-0.2, 0) is 10.3 Å². The van der Waals surface area contributed by atoms with Crippen LogP contribution in [0.15, 0.2) is 30.0 Å². The topological polar surface area (TPSA) is 102 Å². The molecular formula is C24H37NO6. The Morgan fingerprint density at radius 3 is 2.45 bits per heavy atom. The summed E-state index contributed by atoms with van der Waals surface area (Å²) in [5.74, 6) is 1.60. The van der Waals surface area contributed by atoms with Crippen LogP contribution >= 0.6 is 0 Å². The minimum atomic E-state index is -0.749. The van der Waals surface area contributed by atoms with Crippen molar-refractivity contribution in [2.45, 2.75) is 90.1 Å².